The maximum Gasteiger partial charge on any atom is 0.336 e. The second-order valence-corrected chi connectivity index (χ2v) is 8.02. The Bertz CT molecular complexity index is 1330. The fraction of sp³-hybridized carbons (Fsp3) is 0.150. The van der Waals surface area contributed by atoms with Crippen LogP contribution in [0.1, 0.15) is 12.5 Å². The van der Waals surface area contributed by atoms with Gasteiger partial charge >= 0.3 is 5.63 Å². The van der Waals surface area contributed by atoms with Crippen LogP contribution in [0.15, 0.2) is 66.1 Å². The highest BCUT2D eigenvalue weighted by atomic mass is 79.9. The van der Waals surface area contributed by atoms with Gasteiger partial charge in [0, 0.05) is 34.3 Å². The summed E-state index contributed by atoms with van der Waals surface area (Å²) in [7, 11) is 0. The number of fused-ring (bicyclic) bond motifs is 2. The van der Waals surface area contributed by atoms with Crippen LogP contribution >= 0.6 is 27.7 Å². The number of benzene rings is 2. The lowest BCUT2D eigenvalue weighted by atomic mass is 10.1. The molecule has 8 heteroatoms. The van der Waals surface area contributed by atoms with Gasteiger partial charge in [-0.05, 0) is 42.8 Å². The van der Waals surface area contributed by atoms with E-state index in [9.17, 15) is 14.7 Å². The first-order chi connectivity index (χ1) is 13.5. The third-order valence-corrected chi connectivity index (χ3v) is 5.89. The van der Waals surface area contributed by atoms with Gasteiger partial charge in [-0.15, -0.1) is 0 Å². The Morgan fingerprint density at radius 2 is 1.96 bits per heavy atom. The Labute approximate surface area is 172 Å². The van der Waals surface area contributed by atoms with Crippen LogP contribution in [-0.2, 0) is 12.3 Å². The molecule has 0 radical (unpaired) electrons. The van der Waals surface area contributed by atoms with Crippen molar-refractivity contribution in [3.05, 3.63) is 73.3 Å². The molecule has 0 aliphatic rings. The lowest BCUT2D eigenvalue weighted by molar-refractivity contribution is 0.473. The highest BCUT2D eigenvalue weighted by Crippen LogP contribution is 2.28. The van der Waals surface area contributed by atoms with Crippen LogP contribution in [0.3, 0.4) is 0 Å². The Morgan fingerprint density at radius 1 is 1.14 bits per heavy atom. The van der Waals surface area contributed by atoms with E-state index >= 15 is 0 Å². The van der Waals surface area contributed by atoms with Crippen molar-refractivity contribution >= 4 is 49.6 Å². The van der Waals surface area contributed by atoms with E-state index in [0.717, 1.165) is 15.4 Å². The van der Waals surface area contributed by atoms with E-state index in [2.05, 4.69) is 20.9 Å². The van der Waals surface area contributed by atoms with Gasteiger partial charge < -0.3 is 9.52 Å². The van der Waals surface area contributed by atoms with Crippen LogP contribution in [0, 0.1) is 0 Å². The molecular weight excluding hydrogens is 444 g/mol. The highest BCUT2D eigenvalue weighted by molar-refractivity contribution is 9.10. The molecule has 0 saturated carbocycles. The van der Waals surface area contributed by atoms with E-state index in [1.807, 2.05) is 13.0 Å². The van der Waals surface area contributed by atoms with E-state index in [0.29, 0.717) is 33.9 Å². The first-order valence-corrected chi connectivity index (χ1v) is 10.3. The fourth-order valence-electron chi connectivity index (χ4n) is 3.04. The molecule has 0 bridgehead atoms. The van der Waals surface area contributed by atoms with E-state index in [1.165, 1.54) is 23.9 Å². The minimum atomic E-state index is -0.488. The molecule has 0 atom stereocenters. The summed E-state index contributed by atoms with van der Waals surface area (Å²) in [4.78, 5) is 29.4. The first-order valence-electron chi connectivity index (χ1n) is 8.55. The number of nitrogens with zero attached hydrogens (tertiary/aromatic N) is 2. The van der Waals surface area contributed by atoms with Gasteiger partial charge in [-0.25, -0.2) is 9.78 Å². The van der Waals surface area contributed by atoms with Gasteiger partial charge in [-0.1, -0.05) is 27.7 Å². The minimum Gasteiger partial charge on any atom is -0.508 e. The third-order valence-electron chi connectivity index (χ3n) is 4.37. The number of hydrogen-bond acceptors (Lipinski definition) is 6. The molecule has 4 aromatic rings. The van der Waals surface area contributed by atoms with Crippen LogP contribution in [0.25, 0.3) is 21.9 Å². The zero-order valence-corrected chi connectivity index (χ0v) is 17.2. The Balaban J connectivity index is 1.77. The third kappa shape index (κ3) is 3.45. The largest absolute Gasteiger partial charge is 0.508 e. The van der Waals surface area contributed by atoms with Crippen molar-refractivity contribution < 1.29 is 9.52 Å². The summed E-state index contributed by atoms with van der Waals surface area (Å²) in [6, 6.07) is 11.5. The number of halogens is 1. The molecule has 0 spiro atoms. The summed E-state index contributed by atoms with van der Waals surface area (Å²) < 4.78 is 7.62. The van der Waals surface area contributed by atoms with Gasteiger partial charge in [0.05, 0.1) is 10.9 Å². The Hall–Kier alpha value is -2.58. The average Bonchev–Trinajstić information content (AvgIpc) is 2.66. The van der Waals surface area contributed by atoms with Crippen molar-refractivity contribution in [3.8, 4) is 5.75 Å². The number of hydrogen-bond donors (Lipinski definition) is 1. The first kappa shape index (κ1) is 18.8. The van der Waals surface area contributed by atoms with Crippen LogP contribution < -0.4 is 11.2 Å². The predicted octanol–water partition coefficient (Wildman–Crippen LogP) is 4.28. The van der Waals surface area contributed by atoms with Crippen molar-refractivity contribution in [1.82, 2.24) is 9.55 Å². The lowest BCUT2D eigenvalue weighted by Crippen LogP contribution is -2.22. The van der Waals surface area contributed by atoms with Crippen LogP contribution in [0.4, 0.5) is 0 Å². The lowest BCUT2D eigenvalue weighted by Gasteiger charge is -2.12. The zero-order chi connectivity index (χ0) is 19.8. The molecule has 2 aromatic carbocycles. The van der Waals surface area contributed by atoms with E-state index < -0.39 is 5.63 Å². The summed E-state index contributed by atoms with van der Waals surface area (Å²) >= 11 is 4.77. The number of rotatable bonds is 4. The molecule has 6 nitrogen and oxygen atoms in total. The van der Waals surface area contributed by atoms with Gasteiger partial charge in [0.25, 0.3) is 5.56 Å². The molecule has 2 aromatic heterocycles. The molecule has 1 N–H and O–H groups in total. The normalized spacial score (nSPS) is 11.4. The summed E-state index contributed by atoms with van der Waals surface area (Å²) in [5.74, 6) is 0.462. The molecule has 0 saturated heterocycles. The van der Waals surface area contributed by atoms with E-state index in [4.69, 9.17) is 4.42 Å². The van der Waals surface area contributed by atoms with Crippen LogP contribution in [-0.4, -0.2) is 14.7 Å². The maximum atomic E-state index is 12.8. The van der Waals surface area contributed by atoms with Gasteiger partial charge in [0.1, 0.15) is 11.3 Å². The fourth-order valence-corrected chi connectivity index (χ4v) is 4.46. The Morgan fingerprint density at radius 3 is 2.75 bits per heavy atom. The zero-order valence-electron chi connectivity index (χ0n) is 14.8. The van der Waals surface area contributed by atoms with Gasteiger partial charge in [-0.2, -0.15) is 0 Å². The minimum absolute atomic E-state index is 0.0302. The average molecular weight is 459 g/mol. The summed E-state index contributed by atoms with van der Waals surface area (Å²) in [6.45, 7) is 2.38. The van der Waals surface area contributed by atoms with E-state index in [-0.39, 0.29) is 11.3 Å². The molecular formula is C20H15BrN2O4S. The number of phenolic OH excluding ortho intramolecular Hbond substituents is 1. The van der Waals surface area contributed by atoms with E-state index in [1.54, 1.807) is 28.8 Å². The van der Waals surface area contributed by atoms with Crippen LogP contribution in [0.2, 0.25) is 0 Å². The molecule has 0 aliphatic heterocycles. The molecule has 142 valence electrons. The number of phenols is 1. The summed E-state index contributed by atoms with van der Waals surface area (Å²) in [5, 5.41) is 11.5. The number of thioether (sulfide) groups is 1. The molecule has 0 fully saturated rings. The predicted molar refractivity (Wildman–Crippen MR) is 113 cm³/mol. The summed E-state index contributed by atoms with van der Waals surface area (Å²) in [6.07, 6.45) is 0. The van der Waals surface area contributed by atoms with Gasteiger partial charge in [0.15, 0.2) is 5.16 Å². The molecule has 28 heavy (non-hydrogen) atoms. The van der Waals surface area contributed by atoms with Gasteiger partial charge in [-0.3, -0.25) is 9.36 Å². The maximum absolute atomic E-state index is 12.8. The van der Waals surface area contributed by atoms with Crippen LogP contribution in [0.5, 0.6) is 5.75 Å². The smallest absolute Gasteiger partial charge is 0.336 e. The molecule has 0 unspecified atom stereocenters. The number of aromatic hydroxyl groups is 1. The molecule has 0 aliphatic carbocycles. The van der Waals surface area contributed by atoms with Crippen molar-refractivity contribution in [2.45, 2.75) is 24.4 Å². The quantitative estimate of drug-likeness (QED) is 0.279. The molecule has 4 rings (SSSR count). The Kier molecular flexibility index (Phi) is 4.99. The number of aromatic nitrogens is 2. The van der Waals surface area contributed by atoms with Crippen molar-refractivity contribution in [2.75, 3.05) is 0 Å². The SMILES string of the molecule is CCn1c(SCc2cc(=O)oc3cc(O)ccc23)nc2ccc(Br)cc2c1=O. The standard InChI is InChI=1S/C20H15BrN2O4S/c1-2-23-19(26)15-8-12(21)3-6-16(15)22-20(23)28-10-11-7-18(25)27-17-9-13(24)4-5-14(11)17/h3-9,24H,2,10H2,1H3. The highest BCUT2D eigenvalue weighted by Gasteiger charge is 2.13. The van der Waals surface area contributed by atoms with Crippen molar-refractivity contribution in [3.63, 3.8) is 0 Å². The molecule has 2 heterocycles. The second kappa shape index (κ2) is 7.44. The monoisotopic (exact) mass is 458 g/mol. The topological polar surface area (TPSA) is 85.3 Å². The van der Waals surface area contributed by atoms with Gasteiger partial charge in [0.2, 0.25) is 0 Å². The van der Waals surface area contributed by atoms with Crippen molar-refractivity contribution in [2.24, 2.45) is 0 Å². The van der Waals surface area contributed by atoms with Crippen molar-refractivity contribution in [1.29, 1.82) is 0 Å². The summed E-state index contributed by atoms with van der Waals surface area (Å²) in [5.41, 5.74) is 1.12. The molecule has 0 amide bonds. The second-order valence-electron chi connectivity index (χ2n) is 6.17.